The zero-order valence-corrected chi connectivity index (χ0v) is 11.2. The molecule has 0 saturated carbocycles. The summed E-state index contributed by atoms with van der Waals surface area (Å²) in [5, 5.41) is 0.646. The van der Waals surface area contributed by atoms with E-state index in [2.05, 4.69) is 6.92 Å². The van der Waals surface area contributed by atoms with Gasteiger partial charge in [-0.25, -0.2) is 0 Å². The number of carbonyl (C=O) groups is 1. The van der Waals surface area contributed by atoms with E-state index < -0.39 is 0 Å². The molecule has 0 N–H and O–H groups in total. The summed E-state index contributed by atoms with van der Waals surface area (Å²) in [7, 11) is 0. The van der Waals surface area contributed by atoms with Crippen LogP contribution in [0.15, 0.2) is 24.3 Å². The summed E-state index contributed by atoms with van der Waals surface area (Å²) in [6, 6.07) is 7.45. The summed E-state index contributed by atoms with van der Waals surface area (Å²) in [6.45, 7) is 4.53. The zero-order chi connectivity index (χ0) is 12.7. The topological polar surface area (TPSA) is 26.3 Å². The lowest BCUT2D eigenvalue weighted by Crippen LogP contribution is -2.26. The standard InChI is InChI=1S/C14H19ClO2/c1-3-7-14(17-4-2)13(16)10-11-8-5-6-9-12(11)15/h5-6,8-9,14H,3-4,7,10H2,1-2H3. The maximum absolute atomic E-state index is 12.1. The SMILES string of the molecule is CCCC(OCC)C(=O)Cc1ccccc1Cl. The van der Waals surface area contributed by atoms with Crippen LogP contribution in [0.2, 0.25) is 5.02 Å². The Morgan fingerprint density at radius 3 is 2.65 bits per heavy atom. The Bertz CT molecular complexity index is 357. The van der Waals surface area contributed by atoms with Gasteiger partial charge in [0.1, 0.15) is 6.10 Å². The van der Waals surface area contributed by atoms with Crippen molar-refractivity contribution in [3.63, 3.8) is 0 Å². The van der Waals surface area contributed by atoms with Crippen LogP contribution in [0, 0.1) is 0 Å². The van der Waals surface area contributed by atoms with Crippen LogP contribution in [0.4, 0.5) is 0 Å². The van der Waals surface area contributed by atoms with Gasteiger partial charge in [-0.3, -0.25) is 4.79 Å². The number of ketones is 1. The molecule has 0 radical (unpaired) electrons. The minimum Gasteiger partial charge on any atom is -0.371 e. The van der Waals surface area contributed by atoms with Crippen molar-refractivity contribution in [3.8, 4) is 0 Å². The monoisotopic (exact) mass is 254 g/mol. The predicted octanol–water partition coefficient (Wildman–Crippen LogP) is 3.66. The molecule has 1 unspecified atom stereocenters. The molecule has 0 saturated heterocycles. The maximum atomic E-state index is 12.1. The third-order valence-corrected chi connectivity index (χ3v) is 2.97. The molecule has 0 aliphatic rings. The van der Waals surface area contributed by atoms with Crippen LogP contribution in [0.1, 0.15) is 32.3 Å². The Balaban J connectivity index is 2.66. The van der Waals surface area contributed by atoms with Gasteiger partial charge in [0.25, 0.3) is 0 Å². The quantitative estimate of drug-likeness (QED) is 0.742. The van der Waals surface area contributed by atoms with E-state index in [0.29, 0.717) is 18.1 Å². The summed E-state index contributed by atoms with van der Waals surface area (Å²) >= 11 is 6.03. The molecule has 0 aromatic heterocycles. The van der Waals surface area contributed by atoms with Crippen LogP contribution in [0.3, 0.4) is 0 Å². The minimum atomic E-state index is -0.290. The summed E-state index contributed by atoms with van der Waals surface area (Å²) in [5.74, 6) is 0.113. The van der Waals surface area contributed by atoms with E-state index in [9.17, 15) is 4.79 Å². The average molecular weight is 255 g/mol. The molecule has 2 nitrogen and oxygen atoms in total. The lowest BCUT2D eigenvalue weighted by atomic mass is 10.0. The van der Waals surface area contributed by atoms with Crippen LogP contribution < -0.4 is 0 Å². The highest BCUT2D eigenvalue weighted by molar-refractivity contribution is 6.31. The van der Waals surface area contributed by atoms with Gasteiger partial charge < -0.3 is 4.74 Å². The number of ether oxygens (including phenoxy) is 1. The number of rotatable bonds is 7. The fraction of sp³-hybridized carbons (Fsp3) is 0.500. The lowest BCUT2D eigenvalue weighted by Gasteiger charge is -2.15. The summed E-state index contributed by atoms with van der Waals surface area (Å²) in [5.41, 5.74) is 0.875. The molecule has 0 amide bonds. The molecule has 0 bridgehead atoms. The predicted molar refractivity (Wildman–Crippen MR) is 70.5 cm³/mol. The summed E-state index contributed by atoms with van der Waals surface area (Å²) in [6.07, 6.45) is 1.78. The number of carbonyl (C=O) groups excluding carboxylic acids is 1. The van der Waals surface area contributed by atoms with Crippen molar-refractivity contribution in [3.05, 3.63) is 34.9 Å². The summed E-state index contributed by atoms with van der Waals surface area (Å²) < 4.78 is 5.46. The first-order valence-electron chi connectivity index (χ1n) is 6.06. The molecule has 0 fully saturated rings. The Morgan fingerprint density at radius 2 is 2.06 bits per heavy atom. The molecule has 1 rings (SSSR count). The molecule has 17 heavy (non-hydrogen) atoms. The van der Waals surface area contributed by atoms with Crippen LogP contribution in [-0.2, 0) is 16.0 Å². The normalized spacial score (nSPS) is 12.4. The van der Waals surface area contributed by atoms with Crippen molar-refractivity contribution >= 4 is 17.4 Å². The van der Waals surface area contributed by atoms with Gasteiger partial charge in [-0.15, -0.1) is 0 Å². The second-order valence-electron chi connectivity index (χ2n) is 3.97. The van der Waals surface area contributed by atoms with Crippen LogP contribution in [0.5, 0.6) is 0 Å². The number of Topliss-reactive ketones (excluding diaryl/α,β-unsaturated/α-hetero) is 1. The van der Waals surface area contributed by atoms with Crippen molar-refractivity contribution in [2.75, 3.05) is 6.61 Å². The van der Waals surface area contributed by atoms with Crippen molar-refractivity contribution in [2.24, 2.45) is 0 Å². The van der Waals surface area contributed by atoms with Gasteiger partial charge in [-0.1, -0.05) is 43.1 Å². The van der Waals surface area contributed by atoms with E-state index in [0.717, 1.165) is 18.4 Å². The van der Waals surface area contributed by atoms with Gasteiger partial charge in [0, 0.05) is 18.1 Å². The second-order valence-corrected chi connectivity index (χ2v) is 4.37. The highest BCUT2D eigenvalue weighted by Gasteiger charge is 2.18. The molecule has 1 aromatic carbocycles. The molecule has 0 heterocycles. The number of hydrogen-bond acceptors (Lipinski definition) is 2. The van der Waals surface area contributed by atoms with Crippen LogP contribution in [0.25, 0.3) is 0 Å². The fourth-order valence-corrected chi connectivity index (χ4v) is 1.95. The third kappa shape index (κ3) is 4.49. The Hall–Kier alpha value is -0.860. The van der Waals surface area contributed by atoms with E-state index in [-0.39, 0.29) is 11.9 Å². The van der Waals surface area contributed by atoms with E-state index in [1.54, 1.807) is 6.07 Å². The third-order valence-electron chi connectivity index (χ3n) is 2.60. The molecule has 0 aliphatic heterocycles. The first kappa shape index (κ1) is 14.2. The van der Waals surface area contributed by atoms with Gasteiger partial charge >= 0.3 is 0 Å². The van der Waals surface area contributed by atoms with Gasteiger partial charge in [-0.05, 0) is 25.0 Å². The van der Waals surface area contributed by atoms with Crippen molar-refractivity contribution in [2.45, 2.75) is 39.2 Å². The second kappa shape index (κ2) is 7.46. The molecule has 94 valence electrons. The maximum Gasteiger partial charge on any atom is 0.165 e. The number of hydrogen-bond donors (Lipinski definition) is 0. The largest absolute Gasteiger partial charge is 0.371 e. The highest BCUT2D eigenvalue weighted by atomic mass is 35.5. The van der Waals surface area contributed by atoms with Gasteiger partial charge in [0.05, 0.1) is 0 Å². The molecular formula is C14H19ClO2. The number of benzene rings is 1. The molecule has 0 aliphatic carbocycles. The molecule has 0 spiro atoms. The number of halogens is 1. The zero-order valence-electron chi connectivity index (χ0n) is 10.4. The highest BCUT2D eigenvalue weighted by Crippen LogP contribution is 2.17. The van der Waals surface area contributed by atoms with E-state index >= 15 is 0 Å². The average Bonchev–Trinajstić information content (AvgIpc) is 2.32. The molecule has 3 heteroatoms. The first-order chi connectivity index (χ1) is 8.19. The van der Waals surface area contributed by atoms with E-state index in [1.807, 2.05) is 25.1 Å². The fourth-order valence-electron chi connectivity index (χ4n) is 1.74. The lowest BCUT2D eigenvalue weighted by molar-refractivity contribution is -0.130. The first-order valence-corrected chi connectivity index (χ1v) is 6.44. The molecular weight excluding hydrogens is 236 g/mol. The van der Waals surface area contributed by atoms with Crippen LogP contribution >= 0.6 is 11.6 Å². The van der Waals surface area contributed by atoms with Gasteiger partial charge in [-0.2, -0.15) is 0 Å². The Labute approximate surface area is 108 Å². The van der Waals surface area contributed by atoms with E-state index in [1.165, 1.54) is 0 Å². The Kier molecular flexibility index (Phi) is 6.23. The Morgan fingerprint density at radius 1 is 1.35 bits per heavy atom. The van der Waals surface area contributed by atoms with Crippen molar-refractivity contribution < 1.29 is 9.53 Å². The minimum absolute atomic E-state index is 0.113. The van der Waals surface area contributed by atoms with Crippen LogP contribution in [-0.4, -0.2) is 18.5 Å². The van der Waals surface area contributed by atoms with E-state index in [4.69, 9.17) is 16.3 Å². The van der Waals surface area contributed by atoms with Gasteiger partial charge in [0.15, 0.2) is 5.78 Å². The molecule has 1 atom stereocenters. The van der Waals surface area contributed by atoms with Crippen molar-refractivity contribution in [1.29, 1.82) is 0 Å². The smallest absolute Gasteiger partial charge is 0.165 e. The van der Waals surface area contributed by atoms with Gasteiger partial charge in [0.2, 0.25) is 0 Å². The molecule has 1 aromatic rings. The summed E-state index contributed by atoms with van der Waals surface area (Å²) in [4.78, 5) is 12.1. The van der Waals surface area contributed by atoms with Crippen molar-refractivity contribution in [1.82, 2.24) is 0 Å².